The molecule has 218 valence electrons. The summed E-state index contributed by atoms with van der Waals surface area (Å²) in [5.74, 6) is 2.26. The molecule has 1 amide bonds. The molecule has 0 unspecified atom stereocenters. The number of ether oxygens (including phenoxy) is 1. The number of benzene rings is 1. The topological polar surface area (TPSA) is 112 Å². The van der Waals surface area contributed by atoms with Gasteiger partial charge in [0.1, 0.15) is 28.5 Å². The summed E-state index contributed by atoms with van der Waals surface area (Å²) in [5, 5.41) is 17.8. The van der Waals surface area contributed by atoms with Crippen molar-refractivity contribution < 1.29 is 14.6 Å². The Balaban J connectivity index is 1.11. The summed E-state index contributed by atoms with van der Waals surface area (Å²) < 4.78 is 6.03. The molecular formula is C32H36N6O3S. The number of fused-ring (bicyclic) bond motifs is 3. The zero-order valence-corrected chi connectivity index (χ0v) is 24.8. The van der Waals surface area contributed by atoms with E-state index in [1.807, 2.05) is 55.2 Å². The van der Waals surface area contributed by atoms with Gasteiger partial charge in [-0.3, -0.25) is 9.78 Å². The molecule has 2 aliphatic rings. The number of rotatable bonds is 8. The molecule has 2 atom stereocenters. The van der Waals surface area contributed by atoms with E-state index in [1.54, 1.807) is 29.9 Å². The van der Waals surface area contributed by atoms with E-state index in [0.717, 1.165) is 75.7 Å². The summed E-state index contributed by atoms with van der Waals surface area (Å²) >= 11 is 1.63. The number of nitrogens with one attached hydrogen (secondary N) is 2. The zero-order valence-electron chi connectivity index (χ0n) is 24.0. The van der Waals surface area contributed by atoms with Crippen molar-refractivity contribution >= 4 is 39.0 Å². The fourth-order valence-corrected chi connectivity index (χ4v) is 6.88. The molecule has 3 aromatic heterocycles. The third-order valence-corrected chi connectivity index (χ3v) is 9.05. The number of hydrogen-bond acceptors (Lipinski definition) is 9. The standard InChI is InChI=1S/C32H36N6O3S/c1-20-15-23(9-11-27(20)41-25-10-8-21(2)34-17-25)37-31-30-26-12-14-38(18-28(26)42-32(30)36-19-35-31)29(40)7-4-13-33-22-5-3-6-24(39)16-22/h4,7-11,15,17,19,22,24,33,39H,3,5-6,12-14,16,18H2,1-2H3,(H,35,36,37)/b7-4+/t22-,24-/m0/s1. The Morgan fingerprint density at radius 2 is 2.10 bits per heavy atom. The normalized spacial score (nSPS) is 18.8. The van der Waals surface area contributed by atoms with Crippen LogP contribution in [0.3, 0.4) is 0 Å². The van der Waals surface area contributed by atoms with Gasteiger partial charge >= 0.3 is 0 Å². The highest BCUT2D eigenvalue weighted by Gasteiger charge is 2.26. The third-order valence-electron chi connectivity index (χ3n) is 7.93. The van der Waals surface area contributed by atoms with Gasteiger partial charge in [0.05, 0.1) is 24.2 Å². The van der Waals surface area contributed by atoms with Crippen LogP contribution in [0, 0.1) is 13.8 Å². The molecular weight excluding hydrogens is 548 g/mol. The number of anilines is 2. The molecule has 42 heavy (non-hydrogen) atoms. The van der Waals surface area contributed by atoms with Gasteiger partial charge < -0.3 is 25.4 Å². The number of hydrogen-bond donors (Lipinski definition) is 3. The predicted octanol–water partition coefficient (Wildman–Crippen LogP) is 5.57. The van der Waals surface area contributed by atoms with E-state index < -0.39 is 0 Å². The van der Waals surface area contributed by atoms with Gasteiger partial charge in [0.25, 0.3) is 0 Å². The molecule has 0 spiro atoms. The van der Waals surface area contributed by atoms with Crippen LogP contribution in [0.1, 0.15) is 47.4 Å². The minimum atomic E-state index is -0.210. The SMILES string of the molecule is Cc1ccc(Oc2ccc(Nc3ncnc4sc5c(c34)CCN(C(=O)/C=C/CN[C@H]3CCC[C@H](O)C3)C5)cc2C)cn1. The van der Waals surface area contributed by atoms with Crippen LogP contribution in [0.15, 0.2) is 55.0 Å². The molecule has 3 N–H and O–H groups in total. The van der Waals surface area contributed by atoms with Gasteiger partial charge in [-0.25, -0.2) is 9.97 Å². The highest BCUT2D eigenvalue weighted by molar-refractivity contribution is 7.19. The molecule has 0 radical (unpaired) electrons. The summed E-state index contributed by atoms with van der Waals surface area (Å²) in [6.45, 7) is 5.81. The minimum absolute atomic E-state index is 0.0206. The first-order chi connectivity index (χ1) is 20.4. The summed E-state index contributed by atoms with van der Waals surface area (Å²) in [4.78, 5) is 30.4. The molecule has 1 aliphatic heterocycles. The van der Waals surface area contributed by atoms with Crippen LogP contribution in [-0.4, -0.2) is 56.1 Å². The molecule has 1 aliphatic carbocycles. The van der Waals surface area contributed by atoms with E-state index in [1.165, 1.54) is 5.56 Å². The van der Waals surface area contributed by atoms with Gasteiger partial charge in [0, 0.05) is 41.5 Å². The van der Waals surface area contributed by atoms with Crippen LogP contribution in [0.25, 0.3) is 10.2 Å². The Bertz CT molecular complexity index is 1600. The first kappa shape index (κ1) is 28.3. The second kappa shape index (κ2) is 12.6. The molecule has 6 rings (SSSR count). The maximum absolute atomic E-state index is 12.9. The first-order valence-corrected chi connectivity index (χ1v) is 15.3. The third kappa shape index (κ3) is 6.46. The van der Waals surface area contributed by atoms with Crippen molar-refractivity contribution in [1.82, 2.24) is 25.2 Å². The van der Waals surface area contributed by atoms with Crippen molar-refractivity contribution in [3.8, 4) is 11.5 Å². The van der Waals surface area contributed by atoms with Crippen LogP contribution in [-0.2, 0) is 17.8 Å². The lowest BCUT2D eigenvalue weighted by atomic mass is 9.93. The highest BCUT2D eigenvalue weighted by atomic mass is 32.1. The van der Waals surface area contributed by atoms with Crippen molar-refractivity contribution in [2.75, 3.05) is 18.4 Å². The molecule has 4 aromatic rings. The lowest BCUT2D eigenvalue weighted by Gasteiger charge is -2.27. The largest absolute Gasteiger partial charge is 0.455 e. The average molecular weight is 585 g/mol. The van der Waals surface area contributed by atoms with Crippen LogP contribution in [0.2, 0.25) is 0 Å². The Morgan fingerprint density at radius 3 is 2.90 bits per heavy atom. The summed E-state index contributed by atoms with van der Waals surface area (Å²) in [6, 6.07) is 10.1. The van der Waals surface area contributed by atoms with Crippen molar-refractivity contribution in [3.05, 3.63) is 76.7 Å². The Labute approximate surface area is 249 Å². The second-order valence-corrected chi connectivity index (χ2v) is 12.2. The van der Waals surface area contributed by atoms with Gasteiger partial charge in [-0.05, 0) is 87.4 Å². The van der Waals surface area contributed by atoms with Crippen LogP contribution in [0.5, 0.6) is 11.5 Å². The average Bonchev–Trinajstić information content (AvgIpc) is 3.37. The Kier molecular flexibility index (Phi) is 8.46. The van der Waals surface area contributed by atoms with Gasteiger partial charge in [-0.15, -0.1) is 11.3 Å². The Hall–Kier alpha value is -3.86. The van der Waals surface area contributed by atoms with E-state index in [0.29, 0.717) is 31.4 Å². The zero-order chi connectivity index (χ0) is 29.1. The molecule has 0 saturated heterocycles. The molecule has 0 bridgehead atoms. The number of aryl methyl sites for hydroxylation is 2. The molecule has 4 heterocycles. The van der Waals surface area contributed by atoms with Crippen LogP contribution < -0.4 is 15.4 Å². The van der Waals surface area contributed by atoms with Crippen molar-refractivity contribution in [2.24, 2.45) is 0 Å². The second-order valence-electron chi connectivity index (χ2n) is 11.1. The minimum Gasteiger partial charge on any atom is -0.455 e. The number of carbonyl (C=O) groups excluding carboxylic acids is 1. The summed E-state index contributed by atoms with van der Waals surface area (Å²) in [6.07, 6.45) is 11.2. The van der Waals surface area contributed by atoms with Gasteiger partial charge in [0.15, 0.2) is 0 Å². The van der Waals surface area contributed by atoms with E-state index in [4.69, 9.17) is 4.74 Å². The van der Waals surface area contributed by atoms with E-state index in [-0.39, 0.29) is 12.0 Å². The maximum Gasteiger partial charge on any atom is 0.246 e. The number of aliphatic hydroxyl groups is 1. The molecule has 10 heteroatoms. The highest BCUT2D eigenvalue weighted by Crippen LogP contribution is 2.38. The number of carbonyl (C=O) groups is 1. The maximum atomic E-state index is 12.9. The van der Waals surface area contributed by atoms with E-state index >= 15 is 0 Å². The summed E-state index contributed by atoms with van der Waals surface area (Å²) in [7, 11) is 0. The monoisotopic (exact) mass is 584 g/mol. The fourth-order valence-electron chi connectivity index (χ4n) is 5.68. The number of nitrogens with zero attached hydrogens (tertiary/aromatic N) is 4. The number of pyridine rings is 1. The van der Waals surface area contributed by atoms with Crippen LogP contribution >= 0.6 is 11.3 Å². The fraction of sp³-hybridized carbons (Fsp3) is 0.375. The lowest BCUT2D eigenvalue weighted by Crippen LogP contribution is -2.36. The predicted molar refractivity (Wildman–Crippen MR) is 165 cm³/mol. The van der Waals surface area contributed by atoms with Gasteiger partial charge in [0.2, 0.25) is 5.91 Å². The van der Waals surface area contributed by atoms with Crippen molar-refractivity contribution in [3.63, 3.8) is 0 Å². The number of thiophene rings is 1. The van der Waals surface area contributed by atoms with Crippen LogP contribution in [0.4, 0.5) is 11.5 Å². The van der Waals surface area contributed by atoms with E-state index in [2.05, 4.69) is 25.6 Å². The van der Waals surface area contributed by atoms with E-state index in [9.17, 15) is 9.90 Å². The molecule has 9 nitrogen and oxygen atoms in total. The van der Waals surface area contributed by atoms with Gasteiger partial charge in [-0.2, -0.15) is 0 Å². The number of aliphatic hydroxyl groups excluding tert-OH is 1. The lowest BCUT2D eigenvalue weighted by molar-refractivity contribution is -0.126. The van der Waals surface area contributed by atoms with Crippen molar-refractivity contribution in [1.29, 1.82) is 0 Å². The number of amides is 1. The quantitative estimate of drug-likeness (QED) is 0.230. The first-order valence-electron chi connectivity index (χ1n) is 14.5. The molecule has 1 fully saturated rings. The molecule has 1 aromatic carbocycles. The van der Waals surface area contributed by atoms with Gasteiger partial charge in [-0.1, -0.05) is 6.08 Å². The van der Waals surface area contributed by atoms with Crippen molar-refractivity contribution in [2.45, 2.75) is 64.6 Å². The summed E-state index contributed by atoms with van der Waals surface area (Å²) in [5.41, 5.74) is 4.07. The molecule has 1 saturated carbocycles. The Morgan fingerprint density at radius 1 is 1.19 bits per heavy atom. The smallest absolute Gasteiger partial charge is 0.246 e. The number of aromatic nitrogens is 3.